The fourth-order valence-electron chi connectivity index (χ4n) is 1.78. The molecule has 0 amide bonds. The lowest BCUT2D eigenvalue weighted by molar-refractivity contribution is 0.102. The highest BCUT2D eigenvalue weighted by atomic mass is 32.2. The summed E-state index contributed by atoms with van der Waals surface area (Å²) in [5.74, 6) is -1.82. The van der Waals surface area contributed by atoms with Crippen molar-refractivity contribution in [2.75, 3.05) is 12.0 Å². The Morgan fingerprint density at radius 3 is 2.38 bits per heavy atom. The monoisotopic (exact) mass is 324 g/mol. The molecule has 0 N–H and O–H groups in total. The van der Waals surface area contributed by atoms with E-state index >= 15 is 0 Å². The Morgan fingerprint density at radius 2 is 1.81 bits per heavy atom. The van der Waals surface area contributed by atoms with Crippen molar-refractivity contribution in [2.45, 2.75) is 9.79 Å². The summed E-state index contributed by atoms with van der Waals surface area (Å²) in [4.78, 5) is 12.8. The fraction of sp³-hybridized carbons (Fsp3) is 0.133. The summed E-state index contributed by atoms with van der Waals surface area (Å²) in [7, 11) is -3.84. The van der Waals surface area contributed by atoms with Gasteiger partial charge in [0.15, 0.2) is 15.6 Å². The van der Waals surface area contributed by atoms with Gasteiger partial charge in [-0.1, -0.05) is 18.2 Å². The molecule has 0 fully saturated rings. The van der Waals surface area contributed by atoms with Crippen LogP contribution in [-0.2, 0) is 9.84 Å². The number of rotatable bonds is 5. The number of carbonyl (C=O) groups is 1. The van der Waals surface area contributed by atoms with Crippen LogP contribution in [0.25, 0.3) is 0 Å². The number of sulfone groups is 1. The SMILES string of the molecule is CSc1ccc(C(=O)CS(=O)(=O)c2cccc(F)c2)cc1. The maximum absolute atomic E-state index is 13.1. The van der Waals surface area contributed by atoms with Crippen molar-refractivity contribution < 1.29 is 17.6 Å². The normalized spacial score (nSPS) is 11.3. The van der Waals surface area contributed by atoms with Crippen LogP contribution in [0, 0.1) is 5.82 Å². The smallest absolute Gasteiger partial charge is 0.185 e. The van der Waals surface area contributed by atoms with Gasteiger partial charge in [0.05, 0.1) is 4.90 Å². The number of Topliss-reactive ketones (excluding diaryl/α,β-unsaturated/α-hetero) is 1. The molecule has 0 saturated carbocycles. The number of thioether (sulfide) groups is 1. The first-order chi connectivity index (χ1) is 9.92. The maximum atomic E-state index is 13.1. The van der Waals surface area contributed by atoms with Crippen molar-refractivity contribution in [1.29, 1.82) is 0 Å². The molecule has 0 aromatic heterocycles. The Bertz CT molecular complexity index is 753. The zero-order valence-electron chi connectivity index (χ0n) is 11.2. The van der Waals surface area contributed by atoms with Gasteiger partial charge in [0.25, 0.3) is 0 Å². The average molecular weight is 324 g/mol. The predicted molar refractivity (Wildman–Crippen MR) is 81.0 cm³/mol. The molecule has 3 nitrogen and oxygen atoms in total. The summed E-state index contributed by atoms with van der Waals surface area (Å²) >= 11 is 1.53. The highest BCUT2D eigenvalue weighted by Crippen LogP contribution is 2.17. The summed E-state index contributed by atoms with van der Waals surface area (Å²) in [6.45, 7) is 0. The lowest BCUT2D eigenvalue weighted by Gasteiger charge is -2.05. The fourth-order valence-corrected chi connectivity index (χ4v) is 3.44. The minimum absolute atomic E-state index is 0.184. The van der Waals surface area contributed by atoms with Crippen molar-refractivity contribution in [3.8, 4) is 0 Å². The lowest BCUT2D eigenvalue weighted by atomic mass is 10.1. The first kappa shape index (κ1) is 15.7. The van der Waals surface area contributed by atoms with E-state index in [0.717, 1.165) is 17.0 Å². The number of hydrogen-bond acceptors (Lipinski definition) is 4. The summed E-state index contributed by atoms with van der Waals surface area (Å²) in [6.07, 6.45) is 1.91. The van der Waals surface area contributed by atoms with E-state index in [0.29, 0.717) is 5.56 Å². The number of hydrogen-bond donors (Lipinski definition) is 0. The zero-order chi connectivity index (χ0) is 15.5. The van der Waals surface area contributed by atoms with Crippen molar-refractivity contribution in [2.24, 2.45) is 0 Å². The van der Waals surface area contributed by atoms with E-state index in [1.807, 2.05) is 6.26 Å². The summed E-state index contributed by atoms with van der Waals surface area (Å²) in [5.41, 5.74) is 0.327. The molecule has 0 unspecified atom stereocenters. The van der Waals surface area contributed by atoms with Gasteiger partial charge in [0.2, 0.25) is 0 Å². The topological polar surface area (TPSA) is 51.2 Å². The third-order valence-electron chi connectivity index (χ3n) is 2.89. The van der Waals surface area contributed by atoms with Gasteiger partial charge < -0.3 is 0 Å². The minimum Gasteiger partial charge on any atom is -0.293 e. The van der Waals surface area contributed by atoms with Gasteiger partial charge in [-0.05, 0) is 36.6 Å². The van der Waals surface area contributed by atoms with Crippen LogP contribution in [0.5, 0.6) is 0 Å². The molecule has 2 rings (SSSR count). The number of carbonyl (C=O) groups excluding carboxylic acids is 1. The third kappa shape index (κ3) is 3.92. The van der Waals surface area contributed by atoms with Crippen LogP contribution in [0.15, 0.2) is 58.3 Å². The lowest BCUT2D eigenvalue weighted by Crippen LogP contribution is -2.16. The molecule has 0 aliphatic heterocycles. The van der Waals surface area contributed by atoms with Crippen LogP contribution in [0.4, 0.5) is 4.39 Å². The molecule has 21 heavy (non-hydrogen) atoms. The van der Waals surface area contributed by atoms with Gasteiger partial charge in [-0.15, -0.1) is 11.8 Å². The molecule has 0 aliphatic carbocycles. The molecular weight excluding hydrogens is 311 g/mol. The number of ketones is 1. The number of halogens is 1. The van der Waals surface area contributed by atoms with Gasteiger partial charge in [0, 0.05) is 10.5 Å². The Kier molecular flexibility index (Phi) is 4.80. The van der Waals surface area contributed by atoms with E-state index in [9.17, 15) is 17.6 Å². The molecular formula is C15H13FO3S2. The van der Waals surface area contributed by atoms with Crippen molar-refractivity contribution in [3.63, 3.8) is 0 Å². The largest absolute Gasteiger partial charge is 0.293 e. The first-order valence-corrected chi connectivity index (χ1v) is 8.95. The zero-order valence-corrected chi connectivity index (χ0v) is 12.9. The van der Waals surface area contributed by atoms with Gasteiger partial charge in [-0.2, -0.15) is 0 Å². The van der Waals surface area contributed by atoms with E-state index in [1.54, 1.807) is 24.3 Å². The maximum Gasteiger partial charge on any atom is 0.185 e. The highest BCUT2D eigenvalue weighted by Gasteiger charge is 2.20. The molecule has 0 aliphatic rings. The van der Waals surface area contributed by atoms with Gasteiger partial charge in [-0.3, -0.25) is 4.79 Å². The second kappa shape index (κ2) is 6.41. The minimum atomic E-state index is -3.84. The molecule has 0 radical (unpaired) electrons. The molecule has 110 valence electrons. The quantitative estimate of drug-likeness (QED) is 0.626. The Hall–Kier alpha value is -1.66. The van der Waals surface area contributed by atoms with Crippen LogP contribution in [-0.4, -0.2) is 26.2 Å². The van der Waals surface area contributed by atoms with Crippen LogP contribution in [0.3, 0.4) is 0 Å². The summed E-state index contributed by atoms with van der Waals surface area (Å²) < 4.78 is 37.3. The second-order valence-corrected chi connectivity index (χ2v) is 7.24. The van der Waals surface area contributed by atoms with Gasteiger partial charge in [0.1, 0.15) is 11.6 Å². The molecule has 0 saturated heterocycles. The molecule has 0 bridgehead atoms. The highest BCUT2D eigenvalue weighted by molar-refractivity contribution is 7.98. The molecule has 0 spiro atoms. The van der Waals surface area contributed by atoms with E-state index < -0.39 is 27.2 Å². The summed E-state index contributed by atoms with van der Waals surface area (Å²) in [6, 6.07) is 11.4. The van der Waals surface area contributed by atoms with Crippen LogP contribution in [0.2, 0.25) is 0 Å². The Labute approximate surface area is 127 Å². The van der Waals surface area contributed by atoms with E-state index in [4.69, 9.17) is 0 Å². The summed E-state index contributed by atoms with van der Waals surface area (Å²) in [5, 5.41) is 0. The average Bonchev–Trinajstić information content (AvgIpc) is 2.47. The molecule has 2 aromatic carbocycles. The molecule has 2 aromatic rings. The van der Waals surface area contributed by atoms with Gasteiger partial charge in [-0.25, -0.2) is 12.8 Å². The van der Waals surface area contributed by atoms with Crippen LogP contribution < -0.4 is 0 Å². The molecule has 0 heterocycles. The van der Waals surface area contributed by atoms with Crippen molar-refractivity contribution in [3.05, 3.63) is 59.9 Å². The predicted octanol–water partition coefficient (Wildman–Crippen LogP) is 3.20. The second-order valence-electron chi connectivity index (χ2n) is 4.37. The van der Waals surface area contributed by atoms with Crippen molar-refractivity contribution >= 4 is 27.4 Å². The number of benzene rings is 2. The molecule has 6 heteroatoms. The standard InChI is InChI=1S/C15H13FO3S2/c1-20-13-7-5-11(6-8-13)15(17)10-21(18,19)14-4-2-3-12(16)9-14/h2-9H,10H2,1H3. The van der Waals surface area contributed by atoms with Crippen LogP contribution >= 0.6 is 11.8 Å². The Morgan fingerprint density at radius 1 is 1.14 bits per heavy atom. The van der Waals surface area contributed by atoms with E-state index in [-0.39, 0.29) is 4.90 Å². The van der Waals surface area contributed by atoms with E-state index in [2.05, 4.69) is 0 Å². The molecule has 0 atom stereocenters. The first-order valence-electron chi connectivity index (χ1n) is 6.08. The van der Waals surface area contributed by atoms with Crippen molar-refractivity contribution in [1.82, 2.24) is 0 Å². The Balaban J connectivity index is 2.21. The van der Waals surface area contributed by atoms with E-state index in [1.165, 1.54) is 23.9 Å². The van der Waals surface area contributed by atoms with Gasteiger partial charge >= 0.3 is 0 Å². The van der Waals surface area contributed by atoms with Crippen LogP contribution in [0.1, 0.15) is 10.4 Å². The third-order valence-corrected chi connectivity index (χ3v) is 5.25.